The monoisotopic (exact) mass is 485 g/mol. The van der Waals surface area contributed by atoms with Crippen LogP contribution in [0.25, 0.3) is 5.69 Å². The number of aromatic nitrogens is 2. The lowest BCUT2D eigenvalue weighted by Gasteiger charge is -2.51. The van der Waals surface area contributed by atoms with Crippen LogP contribution >= 0.6 is 0 Å². The molecule has 2 saturated heterocycles. The van der Waals surface area contributed by atoms with Gasteiger partial charge in [-0.25, -0.2) is 4.68 Å². The van der Waals surface area contributed by atoms with Crippen LogP contribution < -0.4 is 4.74 Å². The number of ether oxygens (including phenoxy) is 1. The number of likely N-dealkylation sites (tertiary alicyclic amines) is 1. The van der Waals surface area contributed by atoms with Crippen molar-refractivity contribution in [1.82, 2.24) is 24.5 Å². The average Bonchev–Trinajstić information content (AvgIpc) is 3.52. The number of nitrogens with zero attached hydrogens (tertiary/aromatic N) is 5. The fourth-order valence-corrected chi connectivity index (χ4v) is 4.52. The second-order valence-electron chi connectivity index (χ2n) is 8.99. The summed E-state index contributed by atoms with van der Waals surface area (Å²) in [7, 11) is 1.94. The molecule has 1 unspecified atom stereocenters. The van der Waals surface area contributed by atoms with E-state index < -0.39 is 17.5 Å². The highest BCUT2D eigenvalue weighted by molar-refractivity contribution is 5.86. The molecule has 3 aromatic rings. The van der Waals surface area contributed by atoms with Crippen molar-refractivity contribution >= 4 is 5.91 Å². The number of hydrogen-bond acceptors (Lipinski definition) is 5. The second kappa shape index (κ2) is 9.01. The normalized spacial score (nSPS) is 21.2. The maximum atomic E-state index is 13.7. The summed E-state index contributed by atoms with van der Waals surface area (Å²) in [4.78, 5) is 19.4. The van der Waals surface area contributed by atoms with Crippen molar-refractivity contribution in [1.29, 1.82) is 0 Å². The summed E-state index contributed by atoms with van der Waals surface area (Å²) in [5, 5.41) is 4.23. The van der Waals surface area contributed by atoms with E-state index in [0.717, 1.165) is 29.9 Å². The topological polar surface area (TPSA) is 53.8 Å². The first-order valence-corrected chi connectivity index (χ1v) is 11.4. The molecule has 2 aliphatic heterocycles. The number of carbonyl (C=O) groups excluding carboxylic acids is 1. The van der Waals surface area contributed by atoms with Gasteiger partial charge in [-0.3, -0.25) is 14.6 Å². The summed E-state index contributed by atoms with van der Waals surface area (Å²) < 4.78 is 47.0. The lowest BCUT2D eigenvalue weighted by Crippen LogP contribution is -2.70. The van der Waals surface area contributed by atoms with Crippen molar-refractivity contribution in [3.8, 4) is 11.4 Å². The Bertz CT molecular complexity index is 1170. The SMILES string of the molecule is CN1CCN(C(=O)C2(Oc3ccc(C(F)(F)F)cc3)CCN2Cc2ccc(-n3cccn3)cc2)C1. The molecule has 184 valence electrons. The Labute approximate surface area is 201 Å². The first-order valence-electron chi connectivity index (χ1n) is 11.4. The minimum Gasteiger partial charge on any atom is -0.463 e. The number of halogens is 3. The van der Waals surface area contributed by atoms with Crippen LogP contribution in [0.3, 0.4) is 0 Å². The molecule has 1 amide bonds. The van der Waals surface area contributed by atoms with Crippen molar-refractivity contribution < 1.29 is 22.7 Å². The van der Waals surface area contributed by atoms with Gasteiger partial charge in [-0.15, -0.1) is 0 Å². The smallest absolute Gasteiger partial charge is 0.416 e. The molecule has 0 bridgehead atoms. The summed E-state index contributed by atoms with van der Waals surface area (Å²) in [6.07, 6.45) is -0.406. The van der Waals surface area contributed by atoms with E-state index in [2.05, 4.69) is 5.10 Å². The second-order valence-corrected chi connectivity index (χ2v) is 8.99. The van der Waals surface area contributed by atoms with E-state index in [1.54, 1.807) is 15.8 Å². The standard InChI is InChI=1S/C25H26F3N5O2/c1-30-15-16-31(18-30)23(34)24(35-22-9-5-20(6-10-22)25(26,27)28)11-14-32(24)17-19-3-7-21(8-4-19)33-13-2-12-29-33/h2-10,12-13H,11,14-18H2,1H3. The summed E-state index contributed by atoms with van der Waals surface area (Å²) in [6, 6.07) is 14.2. The number of amides is 1. The molecule has 35 heavy (non-hydrogen) atoms. The van der Waals surface area contributed by atoms with Crippen LogP contribution in [0.5, 0.6) is 5.75 Å². The maximum absolute atomic E-state index is 13.7. The van der Waals surface area contributed by atoms with Gasteiger partial charge in [0.05, 0.1) is 17.9 Å². The van der Waals surface area contributed by atoms with Gasteiger partial charge in [0.2, 0.25) is 5.72 Å². The van der Waals surface area contributed by atoms with Gasteiger partial charge in [-0.1, -0.05) is 12.1 Å². The van der Waals surface area contributed by atoms with Crippen LogP contribution in [0.15, 0.2) is 67.0 Å². The Morgan fingerprint density at radius 1 is 1.06 bits per heavy atom. The zero-order chi connectivity index (χ0) is 24.6. The predicted molar refractivity (Wildman–Crippen MR) is 123 cm³/mol. The maximum Gasteiger partial charge on any atom is 0.416 e. The van der Waals surface area contributed by atoms with Gasteiger partial charge in [0, 0.05) is 45.0 Å². The van der Waals surface area contributed by atoms with Crippen molar-refractivity contribution in [2.45, 2.75) is 24.9 Å². The van der Waals surface area contributed by atoms with Gasteiger partial charge >= 0.3 is 6.18 Å². The van der Waals surface area contributed by atoms with Crippen LogP contribution in [0.4, 0.5) is 13.2 Å². The molecule has 0 spiro atoms. The van der Waals surface area contributed by atoms with E-state index in [4.69, 9.17) is 4.74 Å². The number of alkyl halides is 3. The highest BCUT2D eigenvalue weighted by Gasteiger charge is 2.56. The molecule has 0 aliphatic carbocycles. The van der Waals surface area contributed by atoms with Gasteiger partial charge in [-0.2, -0.15) is 18.3 Å². The Hall–Kier alpha value is -3.37. The summed E-state index contributed by atoms with van der Waals surface area (Å²) in [5.41, 5.74) is -0.0988. The molecule has 2 aromatic carbocycles. The third-order valence-corrected chi connectivity index (χ3v) is 6.56. The third-order valence-electron chi connectivity index (χ3n) is 6.56. The third kappa shape index (κ3) is 4.63. The Morgan fingerprint density at radius 3 is 2.34 bits per heavy atom. The predicted octanol–water partition coefficient (Wildman–Crippen LogP) is 3.60. The van der Waals surface area contributed by atoms with Gasteiger partial charge in [0.25, 0.3) is 5.91 Å². The number of likely N-dealkylation sites (N-methyl/N-ethyl adjacent to an activating group) is 1. The van der Waals surface area contributed by atoms with Gasteiger partial charge in [0.1, 0.15) is 5.75 Å². The lowest BCUT2D eigenvalue weighted by molar-refractivity contribution is -0.196. The van der Waals surface area contributed by atoms with Crippen molar-refractivity contribution in [2.75, 3.05) is 33.4 Å². The van der Waals surface area contributed by atoms with E-state index in [1.165, 1.54) is 12.1 Å². The highest BCUT2D eigenvalue weighted by Crippen LogP contribution is 2.38. The number of benzene rings is 2. The minimum atomic E-state index is -4.43. The molecule has 7 nitrogen and oxygen atoms in total. The fourth-order valence-electron chi connectivity index (χ4n) is 4.52. The molecule has 2 aliphatic rings. The molecule has 0 saturated carbocycles. The lowest BCUT2D eigenvalue weighted by atomic mass is 9.94. The molecular formula is C25H26F3N5O2. The van der Waals surface area contributed by atoms with Crippen molar-refractivity contribution in [3.05, 3.63) is 78.1 Å². The van der Waals surface area contributed by atoms with Crippen molar-refractivity contribution in [3.63, 3.8) is 0 Å². The molecule has 0 N–H and O–H groups in total. The van der Waals surface area contributed by atoms with Crippen LogP contribution in [0, 0.1) is 0 Å². The Morgan fingerprint density at radius 2 is 1.80 bits per heavy atom. The number of hydrogen-bond donors (Lipinski definition) is 0. The quantitative estimate of drug-likeness (QED) is 0.534. The van der Waals surface area contributed by atoms with Crippen LogP contribution in [-0.2, 0) is 17.5 Å². The van der Waals surface area contributed by atoms with E-state index in [1.807, 2.05) is 53.4 Å². The van der Waals surface area contributed by atoms with E-state index in [-0.39, 0.29) is 11.7 Å². The molecular weight excluding hydrogens is 459 g/mol. The number of carbonyl (C=O) groups is 1. The molecule has 5 rings (SSSR count). The average molecular weight is 486 g/mol. The van der Waals surface area contributed by atoms with Crippen LogP contribution in [0.1, 0.15) is 17.5 Å². The van der Waals surface area contributed by atoms with Crippen molar-refractivity contribution in [2.24, 2.45) is 0 Å². The molecule has 10 heteroatoms. The largest absolute Gasteiger partial charge is 0.463 e. The summed E-state index contributed by atoms with van der Waals surface area (Å²) in [5.74, 6) is 0.0683. The first kappa shape index (κ1) is 23.4. The summed E-state index contributed by atoms with van der Waals surface area (Å²) >= 11 is 0. The van der Waals surface area contributed by atoms with Crippen LogP contribution in [0.2, 0.25) is 0 Å². The van der Waals surface area contributed by atoms with Crippen LogP contribution in [-0.4, -0.2) is 69.5 Å². The number of rotatable bonds is 6. The van der Waals surface area contributed by atoms with E-state index in [0.29, 0.717) is 32.7 Å². The zero-order valence-electron chi connectivity index (χ0n) is 19.3. The first-order chi connectivity index (χ1) is 16.7. The fraction of sp³-hybridized carbons (Fsp3) is 0.360. The van der Waals surface area contributed by atoms with E-state index >= 15 is 0 Å². The Kier molecular flexibility index (Phi) is 6.02. The van der Waals surface area contributed by atoms with Gasteiger partial charge in [0.15, 0.2) is 0 Å². The zero-order valence-corrected chi connectivity index (χ0v) is 19.3. The highest BCUT2D eigenvalue weighted by atomic mass is 19.4. The molecule has 3 heterocycles. The molecule has 1 aromatic heterocycles. The molecule has 1 atom stereocenters. The van der Waals surface area contributed by atoms with Gasteiger partial charge < -0.3 is 9.64 Å². The summed E-state index contributed by atoms with van der Waals surface area (Å²) in [6.45, 7) is 2.94. The molecule has 0 radical (unpaired) electrons. The Balaban J connectivity index is 1.38. The minimum absolute atomic E-state index is 0.166. The van der Waals surface area contributed by atoms with Gasteiger partial charge in [-0.05, 0) is 55.1 Å². The molecule has 2 fully saturated rings. The van der Waals surface area contributed by atoms with E-state index in [9.17, 15) is 18.0 Å².